The number of esters is 1. The molecule has 1 aliphatic rings. The van der Waals surface area contributed by atoms with Gasteiger partial charge in [-0.15, -0.1) is 11.3 Å². The van der Waals surface area contributed by atoms with Crippen LogP contribution in [0.2, 0.25) is 0 Å². The zero-order valence-corrected chi connectivity index (χ0v) is 18.8. The predicted octanol–water partition coefficient (Wildman–Crippen LogP) is 4.72. The number of methoxy groups -OCH3 is 1. The van der Waals surface area contributed by atoms with Gasteiger partial charge in [0.05, 0.1) is 35.8 Å². The Balaban J connectivity index is 1.84. The minimum absolute atomic E-state index is 0.0193. The second-order valence-electron chi connectivity index (χ2n) is 7.19. The van der Waals surface area contributed by atoms with Crippen molar-refractivity contribution in [1.29, 1.82) is 0 Å². The van der Waals surface area contributed by atoms with Crippen molar-refractivity contribution in [3.8, 4) is 5.75 Å². The molecule has 1 aliphatic heterocycles. The van der Waals surface area contributed by atoms with Crippen molar-refractivity contribution in [3.63, 3.8) is 0 Å². The van der Waals surface area contributed by atoms with E-state index in [4.69, 9.17) is 9.47 Å². The maximum absolute atomic E-state index is 13.3. The highest BCUT2D eigenvalue weighted by Crippen LogP contribution is 2.42. The number of ketones is 1. The van der Waals surface area contributed by atoms with Crippen LogP contribution in [0.4, 0.5) is 5.69 Å². The summed E-state index contributed by atoms with van der Waals surface area (Å²) in [7, 11) is 1.54. The average molecular weight is 464 g/mol. The first-order valence-electron chi connectivity index (χ1n) is 10.2. The van der Waals surface area contributed by atoms with Crippen molar-refractivity contribution in [3.05, 3.63) is 93.4 Å². The predicted molar refractivity (Wildman–Crippen MR) is 124 cm³/mol. The summed E-state index contributed by atoms with van der Waals surface area (Å²) in [6.45, 7) is 1.91. The number of aliphatic hydroxyl groups is 1. The van der Waals surface area contributed by atoms with Crippen molar-refractivity contribution in [2.45, 2.75) is 13.0 Å². The van der Waals surface area contributed by atoms with Gasteiger partial charge in [-0.3, -0.25) is 14.5 Å². The average Bonchev–Trinajstić information content (AvgIpc) is 3.46. The normalized spacial score (nSPS) is 15.6. The lowest BCUT2D eigenvalue weighted by molar-refractivity contribution is -0.117. The Morgan fingerprint density at radius 3 is 2.48 bits per heavy atom. The smallest absolute Gasteiger partial charge is 0.338 e. The summed E-state index contributed by atoms with van der Waals surface area (Å²) >= 11 is 1.23. The first-order valence-corrected chi connectivity index (χ1v) is 11.1. The third-order valence-electron chi connectivity index (χ3n) is 5.26. The molecule has 0 bridgehead atoms. The van der Waals surface area contributed by atoms with Crippen molar-refractivity contribution < 1.29 is 29.0 Å². The van der Waals surface area contributed by atoms with Gasteiger partial charge in [-0.05, 0) is 54.3 Å². The lowest BCUT2D eigenvalue weighted by Crippen LogP contribution is -2.31. The maximum Gasteiger partial charge on any atom is 0.338 e. The number of ether oxygens (including phenoxy) is 2. The molecule has 0 saturated heterocycles. The molecule has 0 saturated carbocycles. The zero-order valence-electron chi connectivity index (χ0n) is 18.0. The topological polar surface area (TPSA) is 93.1 Å². The number of hydrogen-bond donors (Lipinski definition) is 1. The van der Waals surface area contributed by atoms with Crippen molar-refractivity contribution in [1.82, 2.24) is 0 Å². The van der Waals surface area contributed by atoms with E-state index in [0.29, 0.717) is 21.9 Å². The quantitative estimate of drug-likeness (QED) is 0.403. The lowest BCUT2D eigenvalue weighted by atomic mass is 9.95. The number of hydrogen-bond acceptors (Lipinski definition) is 7. The minimum atomic E-state index is -0.893. The molecule has 2 aromatic carbocycles. The number of thiophene rings is 1. The lowest BCUT2D eigenvalue weighted by Gasteiger charge is -2.27. The fourth-order valence-electron chi connectivity index (χ4n) is 3.74. The molecule has 8 heteroatoms. The minimum Gasteiger partial charge on any atom is -0.503 e. The van der Waals surface area contributed by atoms with E-state index in [1.54, 1.807) is 74.0 Å². The largest absolute Gasteiger partial charge is 0.503 e. The summed E-state index contributed by atoms with van der Waals surface area (Å²) in [6.07, 6.45) is 0. The van der Waals surface area contributed by atoms with E-state index in [1.807, 2.05) is 0 Å². The van der Waals surface area contributed by atoms with Gasteiger partial charge < -0.3 is 14.6 Å². The van der Waals surface area contributed by atoms with Crippen LogP contribution in [0, 0.1) is 0 Å². The maximum atomic E-state index is 13.3. The summed E-state index contributed by atoms with van der Waals surface area (Å²) in [5, 5.41) is 12.6. The van der Waals surface area contributed by atoms with E-state index >= 15 is 0 Å². The second kappa shape index (κ2) is 9.30. The molecule has 0 fully saturated rings. The molecule has 3 aromatic rings. The number of aliphatic hydroxyl groups excluding tert-OH is 1. The zero-order chi connectivity index (χ0) is 23.5. The number of amides is 1. The van der Waals surface area contributed by atoms with Crippen LogP contribution in [0.5, 0.6) is 5.75 Å². The van der Waals surface area contributed by atoms with Gasteiger partial charge in [0.25, 0.3) is 5.91 Å². The van der Waals surface area contributed by atoms with Crippen molar-refractivity contribution >= 4 is 34.7 Å². The molecule has 1 aromatic heterocycles. The Morgan fingerprint density at radius 1 is 1.09 bits per heavy atom. The van der Waals surface area contributed by atoms with E-state index in [2.05, 4.69) is 0 Å². The number of rotatable bonds is 7. The number of carbonyl (C=O) groups excluding carboxylic acids is 3. The molecule has 2 heterocycles. The molecule has 1 amide bonds. The summed E-state index contributed by atoms with van der Waals surface area (Å²) in [5.41, 5.74) is 1.20. The van der Waals surface area contributed by atoms with E-state index in [0.717, 1.165) is 0 Å². The molecule has 33 heavy (non-hydrogen) atoms. The highest BCUT2D eigenvalue weighted by Gasteiger charge is 2.45. The summed E-state index contributed by atoms with van der Waals surface area (Å²) in [6, 6.07) is 15.7. The van der Waals surface area contributed by atoms with Crippen molar-refractivity contribution in [2.24, 2.45) is 0 Å². The monoisotopic (exact) mass is 463 g/mol. The molecule has 4 rings (SSSR count). The number of nitrogens with zero attached hydrogens (tertiary/aromatic N) is 1. The van der Waals surface area contributed by atoms with Crippen LogP contribution in [0.3, 0.4) is 0 Å². The molecular weight excluding hydrogens is 442 g/mol. The Bertz CT molecular complexity index is 1230. The van der Waals surface area contributed by atoms with E-state index in [1.165, 1.54) is 22.3 Å². The number of benzene rings is 2. The summed E-state index contributed by atoms with van der Waals surface area (Å²) < 4.78 is 10.3. The molecule has 0 radical (unpaired) electrons. The van der Waals surface area contributed by atoms with Gasteiger partial charge in [-0.25, -0.2) is 4.79 Å². The number of Topliss-reactive ketones (excluding diaryl/α,β-unsaturated/α-hetero) is 1. The number of anilines is 1. The third-order valence-corrected chi connectivity index (χ3v) is 6.13. The number of carbonyl (C=O) groups is 3. The third kappa shape index (κ3) is 4.12. The first kappa shape index (κ1) is 22.3. The van der Waals surface area contributed by atoms with Gasteiger partial charge in [0, 0.05) is 5.69 Å². The Kier molecular flexibility index (Phi) is 6.28. The fraction of sp³-hybridized carbons (Fsp3) is 0.160. The van der Waals surface area contributed by atoms with Gasteiger partial charge in [0.1, 0.15) is 5.75 Å². The van der Waals surface area contributed by atoms with Crippen LogP contribution >= 0.6 is 11.3 Å². The molecule has 1 N–H and O–H groups in total. The molecular formula is C25H21NO6S. The van der Waals surface area contributed by atoms with Crippen LogP contribution in [0.25, 0.3) is 0 Å². The Hall–Kier alpha value is -3.91. The van der Waals surface area contributed by atoms with Gasteiger partial charge in [-0.2, -0.15) is 0 Å². The van der Waals surface area contributed by atoms with Crippen LogP contribution < -0.4 is 9.64 Å². The Morgan fingerprint density at radius 2 is 1.85 bits per heavy atom. The van der Waals surface area contributed by atoms with E-state index in [9.17, 15) is 19.5 Å². The van der Waals surface area contributed by atoms with Crippen LogP contribution in [0.1, 0.15) is 38.6 Å². The van der Waals surface area contributed by atoms with Gasteiger partial charge >= 0.3 is 5.97 Å². The second-order valence-corrected chi connectivity index (χ2v) is 8.14. The van der Waals surface area contributed by atoms with Crippen LogP contribution in [-0.4, -0.2) is 36.5 Å². The summed E-state index contributed by atoms with van der Waals surface area (Å²) in [5.74, 6) is -1.69. The van der Waals surface area contributed by atoms with Crippen LogP contribution in [0.15, 0.2) is 77.4 Å². The highest BCUT2D eigenvalue weighted by molar-refractivity contribution is 7.12. The molecule has 1 atom stereocenters. The van der Waals surface area contributed by atoms with E-state index in [-0.39, 0.29) is 17.7 Å². The molecule has 7 nitrogen and oxygen atoms in total. The Labute approximate surface area is 194 Å². The molecule has 1 unspecified atom stereocenters. The SMILES string of the molecule is CCOC(=O)c1cccc(N2C(=O)C(O)=C(C(=O)c3cccs3)C2c2ccc(OC)cc2)c1. The van der Waals surface area contributed by atoms with Gasteiger partial charge in [-0.1, -0.05) is 24.3 Å². The van der Waals surface area contributed by atoms with Crippen LogP contribution in [-0.2, 0) is 9.53 Å². The molecule has 0 aliphatic carbocycles. The van der Waals surface area contributed by atoms with Gasteiger partial charge in [0.15, 0.2) is 5.76 Å². The summed E-state index contributed by atoms with van der Waals surface area (Å²) in [4.78, 5) is 40.5. The van der Waals surface area contributed by atoms with Gasteiger partial charge in [0.2, 0.25) is 5.78 Å². The fourth-order valence-corrected chi connectivity index (χ4v) is 4.42. The van der Waals surface area contributed by atoms with E-state index < -0.39 is 29.5 Å². The highest BCUT2D eigenvalue weighted by atomic mass is 32.1. The molecule has 168 valence electrons. The van der Waals surface area contributed by atoms with Crippen molar-refractivity contribution in [2.75, 3.05) is 18.6 Å². The standard InChI is InChI=1S/C25H21NO6S/c1-3-32-25(30)16-6-4-7-17(14-16)26-21(15-9-11-18(31-2)12-10-15)20(23(28)24(26)29)22(27)19-8-5-13-33-19/h4-14,21,28H,3H2,1-2H3. The first-order chi connectivity index (χ1) is 16.0. The molecule has 0 spiro atoms.